The van der Waals surface area contributed by atoms with E-state index in [2.05, 4.69) is 19.7 Å². The van der Waals surface area contributed by atoms with Crippen molar-refractivity contribution in [2.24, 2.45) is 0 Å². The van der Waals surface area contributed by atoms with Crippen LogP contribution >= 0.6 is 0 Å². The first-order valence-corrected chi connectivity index (χ1v) is 4.90. The molecule has 0 aliphatic carbocycles. The lowest BCUT2D eigenvalue weighted by molar-refractivity contribution is 0.277. The molecule has 0 fully saturated rings. The van der Waals surface area contributed by atoms with Crippen LogP contribution in [0.2, 0.25) is 0 Å². The summed E-state index contributed by atoms with van der Waals surface area (Å²) in [5.74, 6) is 0.767. The number of nitrogens with two attached hydrogens (primary N) is 2. The molecule has 1 aromatic carbocycles. The van der Waals surface area contributed by atoms with Gasteiger partial charge < -0.3 is 16.2 Å². The number of ether oxygens (including phenoxy) is 1. The Labute approximate surface area is 99.7 Å². The highest BCUT2D eigenvalue weighted by Gasteiger charge is 2.03. The van der Waals surface area contributed by atoms with Crippen LogP contribution in [0.5, 0.6) is 0 Å². The number of rotatable bonds is 1. The summed E-state index contributed by atoms with van der Waals surface area (Å²) in [6.07, 6.45) is 0. The highest BCUT2D eigenvalue weighted by Crippen LogP contribution is 2.14. The van der Waals surface area contributed by atoms with E-state index in [9.17, 15) is 0 Å². The number of nitrogens with zero attached hydrogens (tertiary/aromatic N) is 3. The van der Waals surface area contributed by atoms with Gasteiger partial charge in [0.25, 0.3) is 0 Å². The van der Waals surface area contributed by atoms with Crippen LogP contribution in [0.3, 0.4) is 0 Å². The molecule has 6 heteroatoms. The van der Waals surface area contributed by atoms with E-state index in [0.717, 1.165) is 5.56 Å². The predicted octanol–water partition coefficient (Wildman–Crippen LogP) is 0.966. The van der Waals surface area contributed by atoms with Crippen molar-refractivity contribution in [3.8, 4) is 11.4 Å². The Morgan fingerprint density at radius 2 is 1.35 bits per heavy atom. The maximum atomic E-state index is 5.45. The molecule has 0 spiro atoms. The summed E-state index contributed by atoms with van der Waals surface area (Å²) in [5, 5.41) is 0. The zero-order valence-corrected chi connectivity index (χ0v) is 9.79. The van der Waals surface area contributed by atoms with Gasteiger partial charge in [-0.1, -0.05) is 30.3 Å². The summed E-state index contributed by atoms with van der Waals surface area (Å²) in [6.45, 7) is 0. The number of nitrogen functional groups attached to an aromatic ring is 2. The van der Waals surface area contributed by atoms with E-state index in [0.29, 0.717) is 5.82 Å². The number of anilines is 2. The molecule has 0 amide bonds. The van der Waals surface area contributed by atoms with Crippen molar-refractivity contribution in [1.29, 1.82) is 0 Å². The first-order valence-electron chi connectivity index (χ1n) is 4.90. The van der Waals surface area contributed by atoms with E-state index in [4.69, 9.17) is 11.5 Å². The lowest BCUT2D eigenvalue weighted by Crippen LogP contribution is -2.04. The van der Waals surface area contributed by atoms with Crippen molar-refractivity contribution in [2.75, 3.05) is 25.7 Å². The van der Waals surface area contributed by atoms with Gasteiger partial charge in [0.15, 0.2) is 5.82 Å². The molecule has 0 bridgehead atoms. The fourth-order valence-electron chi connectivity index (χ4n) is 1.13. The van der Waals surface area contributed by atoms with Crippen LogP contribution in [0.15, 0.2) is 30.3 Å². The van der Waals surface area contributed by atoms with Crippen LogP contribution in [0.1, 0.15) is 0 Å². The molecular formula is C11H15N5O. The smallest absolute Gasteiger partial charge is 0.225 e. The molecule has 2 rings (SSSR count). The third kappa shape index (κ3) is 4.04. The summed E-state index contributed by atoms with van der Waals surface area (Å²) in [7, 11) is 3.25. The highest BCUT2D eigenvalue weighted by molar-refractivity contribution is 5.56. The quantitative estimate of drug-likeness (QED) is 0.761. The van der Waals surface area contributed by atoms with Gasteiger partial charge in [-0.3, -0.25) is 0 Å². The molecule has 0 unspecified atom stereocenters. The standard InChI is InChI=1S/C9H9N5.C2H6O/c10-8-12-7(13-9(11)14-8)6-4-2-1-3-5-6;1-3-2/h1-5H,(H4,10,11,12,13,14);1-2H3. The van der Waals surface area contributed by atoms with E-state index in [1.54, 1.807) is 14.2 Å². The normalized spacial score (nSPS) is 9.29. The second kappa shape index (κ2) is 6.39. The molecule has 0 saturated heterocycles. The zero-order valence-electron chi connectivity index (χ0n) is 9.79. The molecular weight excluding hydrogens is 218 g/mol. The Bertz CT molecular complexity index is 440. The van der Waals surface area contributed by atoms with Crippen LogP contribution in [0.25, 0.3) is 11.4 Å². The van der Waals surface area contributed by atoms with Crippen LogP contribution in [-0.2, 0) is 4.74 Å². The van der Waals surface area contributed by atoms with Gasteiger partial charge in [-0.15, -0.1) is 0 Å². The third-order valence-corrected chi connectivity index (χ3v) is 1.70. The highest BCUT2D eigenvalue weighted by atomic mass is 16.4. The van der Waals surface area contributed by atoms with Crippen molar-refractivity contribution in [2.45, 2.75) is 0 Å². The molecule has 17 heavy (non-hydrogen) atoms. The van der Waals surface area contributed by atoms with Gasteiger partial charge in [0.05, 0.1) is 0 Å². The lowest BCUT2D eigenvalue weighted by atomic mass is 10.2. The number of hydrogen-bond donors (Lipinski definition) is 2. The molecule has 0 aliphatic rings. The van der Waals surface area contributed by atoms with Crippen molar-refractivity contribution >= 4 is 11.9 Å². The van der Waals surface area contributed by atoms with Gasteiger partial charge in [-0.05, 0) is 0 Å². The summed E-state index contributed by atoms with van der Waals surface area (Å²) in [5.41, 5.74) is 11.8. The van der Waals surface area contributed by atoms with Crippen LogP contribution < -0.4 is 11.5 Å². The van der Waals surface area contributed by atoms with E-state index >= 15 is 0 Å². The van der Waals surface area contributed by atoms with E-state index < -0.39 is 0 Å². The second-order valence-electron chi connectivity index (χ2n) is 3.15. The summed E-state index contributed by atoms with van der Waals surface area (Å²) < 4.78 is 4.25. The Morgan fingerprint density at radius 1 is 0.882 bits per heavy atom. The van der Waals surface area contributed by atoms with Gasteiger partial charge in [0.1, 0.15) is 0 Å². The van der Waals surface area contributed by atoms with E-state index in [1.807, 2.05) is 30.3 Å². The largest absolute Gasteiger partial charge is 0.388 e. The van der Waals surface area contributed by atoms with Crippen molar-refractivity contribution in [3.05, 3.63) is 30.3 Å². The molecule has 6 nitrogen and oxygen atoms in total. The lowest BCUT2D eigenvalue weighted by Gasteiger charge is -2.00. The summed E-state index contributed by atoms with van der Waals surface area (Å²) in [6, 6.07) is 9.47. The minimum Gasteiger partial charge on any atom is -0.388 e. The second-order valence-corrected chi connectivity index (χ2v) is 3.15. The Hall–Kier alpha value is -2.21. The summed E-state index contributed by atoms with van der Waals surface area (Å²) in [4.78, 5) is 11.7. The van der Waals surface area contributed by atoms with Gasteiger partial charge in [-0.25, -0.2) is 0 Å². The van der Waals surface area contributed by atoms with Gasteiger partial charge >= 0.3 is 0 Å². The van der Waals surface area contributed by atoms with Crippen molar-refractivity contribution in [1.82, 2.24) is 15.0 Å². The van der Waals surface area contributed by atoms with Crippen LogP contribution in [0, 0.1) is 0 Å². The van der Waals surface area contributed by atoms with Crippen LogP contribution in [-0.4, -0.2) is 29.2 Å². The fraction of sp³-hybridized carbons (Fsp3) is 0.182. The number of methoxy groups -OCH3 is 1. The molecule has 4 N–H and O–H groups in total. The van der Waals surface area contributed by atoms with E-state index in [1.165, 1.54) is 0 Å². The molecule has 1 aromatic heterocycles. The molecule has 1 heterocycles. The topological polar surface area (TPSA) is 99.9 Å². The monoisotopic (exact) mass is 233 g/mol. The number of benzene rings is 1. The predicted molar refractivity (Wildman–Crippen MR) is 67.0 cm³/mol. The average Bonchev–Trinajstić information content (AvgIpc) is 2.30. The van der Waals surface area contributed by atoms with Crippen molar-refractivity contribution in [3.63, 3.8) is 0 Å². The molecule has 90 valence electrons. The Kier molecular flexibility index (Phi) is 4.83. The molecule has 0 saturated carbocycles. The molecule has 2 aromatic rings. The fourth-order valence-corrected chi connectivity index (χ4v) is 1.13. The summed E-state index contributed by atoms with van der Waals surface area (Å²) >= 11 is 0. The minimum atomic E-state index is 0.136. The first kappa shape index (κ1) is 12.9. The van der Waals surface area contributed by atoms with Crippen molar-refractivity contribution < 1.29 is 4.74 Å². The van der Waals surface area contributed by atoms with Crippen LogP contribution in [0.4, 0.5) is 11.9 Å². The van der Waals surface area contributed by atoms with Gasteiger partial charge in [0.2, 0.25) is 11.9 Å². The number of hydrogen-bond acceptors (Lipinski definition) is 6. The van der Waals surface area contributed by atoms with E-state index in [-0.39, 0.29) is 11.9 Å². The Balaban J connectivity index is 0.000000437. The minimum absolute atomic E-state index is 0.136. The first-order chi connectivity index (χ1) is 8.17. The molecule has 0 radical (unpaired) electrons. The SMILES string of the molecule is COC.Nc1nc(N)nc(-c2ccccc2)n1. The zero-order chi connectivity index (χ0) is 12.7. The van der Waals surface area contributed by atoms with Gasteiger partial charge in [0, 0.05) is 19.8 Å². The maximum absolute atomic E-state index is 5.45. The molecule has 0 aliphatic heterocycles. The molecule has 0 atom stereocenters. The van der Waals surface area contributed by atoms with Gasteiger partial charge in [-0.2, -0.15) is 15.0 Å². The Morgan fingerprint density at radius 3 is 1.82 bits per heavy atom. The third-order valence-electron chi connectivity index (χ3n) is 1.70. The number of aromatic nitrogens is 3. The maximum Gasteiger partial charge on any atom is 0.225 e. The average molecular weight is 233 g/mol.